The van der Waals surface area contributed by atoms with Crippen molar-refractivity contribution in [3.63, 3.8) is 0 Å². The number of anilines is 1. The highest BCUT2D eigenvalue weighted by Crippen LogP contribution is 2.32. The Morgan fingerprint density at radius 3 is 2.28 bits per heavy atom. The van der Waals surface area contributed by atoms with Crippen LogP contribution in [0.5, 0.6) is 0 Å². The van der Waals surface area contributed by atoms with Crippen LogP contribution in [0.15, 0.2) is 24.3 Å². The van der Waals surface area contributed by atoms with Gasteiger partial charge in [-0.05, 0) is 51.2 Å². The lowest BCUT2D eigenvalue weighted by Crippen LogP contribution is -2.51. The molecule has 2 aliphatic rings. The smallest absolute Gasteiger partial charge is 0.368 e. The molecule has 0 bridgehead atoms. The molecule has 0 unspecified atom stereocenters. The molecule has 0 aliphatic carbocycles. The maximum Gasteiger partial charge on any atom is 0.416 e. The predicted octanol–water partition coefficient (Wildman–Crippen LogP) is 2.70. The normalized spacial score (nSPS) is 20.8. The van der Waals surface area contributed by atoms with E-state index in [0.29, 0.717) is 31.9 Å². The Kier molecular flexibility index (Phi) is 5.22. The van der Waals surface area contributed by atoms with Gasteiger partial charge in [0.25, 0.3) is 0 Å². The lowest BCUT2D eigenvalue weighted by Gasteiger charge is -2.39. The summed E-state index contributed by atoms with van der Waals surface area (Å²) in [6, 6.07) is 5.41. The fourth-order valence-electron chi connectivity index (χ4n) is 3.58. The highest BCUT2D eigenvalue weighted by Gasteiger charge is 2.32. The molecule has 2 saturated heterocycles. The van der Waals surface area contributed by atoms with E-state index in [4.69, 9.17) is 0 Å². The Hall–Kier alpha value is -1.76. The average Bonchev–Trinajstić information content (AvgIpc) is 2.61. The van der Waals surface area contributed by atoms with Gasteiger partial charge in [-0.3, -0.25) is 4.79 Å². The molecule has 2 fully saturated rings. The lowest BCUT2D eigenvalue weighted by molar-refractivity contribution is -0.138. The summed E-state index contributed by atoms with van der Waals surface area (Å²) < 4.78 is 38.6. The Balaban J connectivity index is 1.58. The minimum Gasteiger partial charge on any atom is -0.368 e. The summed E-state index contributed by atoms with van der Waals surface area (Å²) in [5.41, 5.74) is -0.0592. The van der Waals surface area contributed by atoms with Gasteiger partial charge in [-0.1, -0.05) is 6.07 Å². The number of rotatable bonds is 2. The third-order valence-electron chi connectivity index (χ3n) is 5.20. The number of hydrogen-bond donors (Lipinski definition) is 0. The zero-order valence-electron chi connectivity index (χ0n) is 14.4. The summed E-state index contributed by atoms with van der Waals surface area (Å²) in [6.07, 6.45) is -2.55. The third-order valence-corrected chi connectivity index (χ3v) is 5.20. The van der Waals surface area contributed by atoms with Gasteiger partial charge in [0.05, 0.1) is 5.56 Å². The van der Waals surface area contributed by atoms with E-state index in [1.165, 1.54) is 12.1 Å². The molecule has 1 aromatic rings. The summed E-state index contributed by atoms with van der Waals surface area (Å²) in [5.74, 6) is 0.299. The van der Waals surface area contributed by atoms with Gasteiger partial charge in [0.15, 0.2) is 0 Å². The van der Waals surface area contributed by atoms with Crippen LogP contribution in [0.3, 0.4) is 0 Å². The zero-order chi connectivity index (χ0) is 18.0. The van der Waals surface area contributed by atoms with Gasteiger partial charge in [-0.2, -0.15) is 13.2 Å². The van der Waals surface area contributed by atoms with Crippen molar-refractivity contribution >= 4 is 11.6 Å². The molecule has 2 heterocycles. The van der Waals surface area contributed by atoms with Crippen LogP contribution in [0.25, 0.3) is 0 Å². The van der Waals surface area contributed by atoms with Gasteiger partial charge in [0.1, 0.15) is 0 Å². The Labute approximate surface area is 146 Å². The summed E-state index contributed by atoms with van der Waals surface area (Å²) in [4.78, 5) is 18.7. The Morgan fingerprint density at radius 2 is 1.68 bits per heavy atom. The molecule has 4 nitrogen and oxygen atoms in total. The van der Waals surface area contributed by atoms with Gasteiger partial charge in [-0.15, -0.1) is 0 Å². The van der Waals surface area contributed by atoms with Crippen molar-refractivity contribution < 1.29 is 18.0 Å². The maximum atomic E-state index is 12.9. The first-order valence-electron chi connectivity index (χ1n) is 8.74. The molecule has 2 aliphatic heterocycles. The fraction of sp³-hybridized carbons (Fsp3) is 0.611. The second kappa shape index (κ2) is 7.23. The molecule has 0 saturated carbocycles. The number of piperazine rings is 1. The van der Waals surface area contributed by atoms with E-state index in [2.05, 4.69) is 11.9 Å². The Bertz CT molecular complexity index is 604. The highest BCUT2D eigenvalue weighted by molar-refractivity contribution is 5.79. The van der Waals surface area contributed by atoms with Crippen molar-refractivity contribution in [2.45, 2.75) is 19.0 Å². The molecule has 25 heavy (non-hydrogen) atoms. The van der Waals surface area contributed by atoms with Crippen molar-refractivity contribution in [2.75, 3.05) is 51.2 Å². The SMILES string of the molecule is CN1CCC(C(=O)N2CCN(c3cccc(C(F)(F)F)c3)CC2)CC1. The first kappa shape index (κ1) is 18.0. The van der Waals surface area contributed by atoms with E-state index in [9.17, 15) is 18.0 Å². The molecular formula is C18H24F3N3O. The maximum absolute atomic E-state index is 12.9. The van der Waals surface area contributed by atoms with Crippen LogP contribution >= 0.6 is 0 Å². The number of carbonyl (C=O) groups excluding carboxylic acids is 1. The Morgan fingerprint density at radius 1 is 1.04 bits per heavy atom. The number of carbonyl (C=O) groups is 1. The molecular weight excluding hydrogens is 331 g/mol. The molecule has 3 rings (SSSR count). The van der Waals surface area contributed by atoms with E-state index < -0.39 is 11.7 Å². The summed E-state index contributed by atoms with van der Waals surface area (Å²) in [7, 11) is 2.06. The van der Waals surface area contributed by atoms with Gasteiger partial charge in [-0.25, -0.2) is 0 Å². The second-order valence-electron chi connectivity index (χ2n) is 6.94. The van der Waals surface area contributed by atoms with Crippen LogP contribution in [-0.4, -0.2) is 62.0 Å². The van der Waals surface area contributed by atoms with E-state index in [-0.39, 0.29) is 11.8 Å². The van der Waals surface area contributed by atoms with Crippen LogP contribution in [-0.2, 0) is 11.0 Å². The number of piperidine rings is 1. The number of nitrogens with zero attached hydrogens (tertiary/aromatic N) is 3. The van der Waals surface area contributed by atoms with Gasteiger partial charge in [0.2, 0.25) is 5.91 Å². The van der Waals surface area contributed by atoms with E-state index >= 15 is 0 Å². The molecule has 0 radical (unpaired) electrons. The summed E-state index contributed by atoms with van der Waals surface area (Å²) >= 11 is 0. The molecule has 0 atom stereocenters. The van der Waals surface area contributed by atoms with Crippen LogP contribution < -0.4 is 4.90 Å². The predicted molar refractivity (Wildman–Crippen MR) is 90.5 cm³/mol. The number of likely N-dealkylation sites (tertiary alicyclic amines) is 1. The quantitative estimate of drug-likeness (QED) is 0.816. The van der Waals surface area contributed by atoms with Crippen LogP contribution in [0.1, 0.15) is 18.4 Å². The van der Waals surface area contributed by atoms with Crippen molar-refractivity contribution in [3.05, 3.63) is 29.8 Å². The molecule has 1 aromatic carbocycles. The first-order valence-corrected chi connectivity index (χ1v) is 8.74. The summed E-state index contributed by atoms with van der Waals surface area (Å²) in [5, 5.41) is 0. The molecule has 138 valence electrons. The molecule has 0 spiro atoms. The van der Waals surface area contributed by atoms with Gasteiger partial charge >= 0.3 is 6.18 Å². The third kappa shape index (κ3) is 4.26. The lowest BCUT2D eigenvalue weighted by atomic mass is 9.95. The van der Waals surface area contributed by atoms with Crippen molar-refractivity contribution in [1.29, 1.82) is 0 Å². The zero-order valence-corrected chi connectivity index (χ0v) is 14.4. The first-order chi connectivity index (χ1) is 11.8. The number of halogens is 3. The number of alkyl halides is 3. The number of benzene rings is 1. The molecule has 7 heteroatoms. The molecule has 0 N–H and O–H groups in total. The molecule has 1 amide bonds. The monoisotopic (exact) mass is 355 g/mol. The number of hydrogen-bond acceptors (Lipinski definition) is 3. The second-order valence-corrected chi connectivity index (χ2v) is 6.94. The van der Waals surface area contributed by atoms with Crippen molar-refractivity contribution in [3.8, 4) is 0 Å². The van der Waals surface area contributed by atoms with Gasteiger partial charge < -0.3 is 14.7 Å². The average molecular weight is 355 g/mol. The molecule has 0 aromatic heterocycles. The van der Waals surface area contributed by atoms with E-state index in [0.717, 1.165) is 32.0 Å². The fourth-order valence-corrected chi connectivity index (χ4v) is 3.58. The van der Waals surface area contributed by atoms with Crippen LogP contribution in [0.4, 0.5) is 18.9 Å². The minimum atomic E-state index is -4.33. The van der Waals surface area contributed by atoms with Crippen LogP contribution in [0.2, 0.25) is 0 Å². The minimum absolute atomic E-state index is 0.0938. The van der Waals surface area contributed by atoms with Gasteiger partial charge in [0, 0.05) is 37.8 Å². The van der Waals surface area contributed by atoms with E-state index in [1.54, 1.807) is 6.07 Å². The number of amides is 1. The summed E-state index contributed by atoms with van der Waals surface area (Å²) in [6.45, 7) is 4.17. The highest BCUT2D eigenvalue weighted by atomic mass is 19.4. The van der Waals surface area contributed by atoms with E-state index in [1.807, 2.05) is 9.80 Å². The van der Waals surface area contributed by atoms with Crippen LogP contribution in [0, 0.1) is 5.92 Å². The van der Waals surface area contributed by atoms with Crippen molar-refractivity contribution in [1.82, 2.24) is 9.80 Å². The topological polar surface area (TPSA) is 26.8 Å². The van der Waals surface area contributed by atoms with Crippen molar-refractivity contribution in [2.24, 2.45) is 5.92 Å². The standard InChI is InChI=1S/C18H24F3N3O/c1-22-7-5-14(6-8-22)17(25)24-11-9-23(10-12-24)16-4-2-3-15(13-16)18(19,20)21/h2-4,13-14H,5-12H2,1H3. The largest absolute Gasteiger partial charge is 0.416 e.